The first kappa shape index (κ1) is 14.2. The van der Waals surface area contributed by atoms with Crippen LogP contribution in [0.25, 0.3) is 0 Å². The number of hydrogen-bond acceptors (Lipinski definition) is 3. The van der Waals surface area contributed by atoms with E-state index in [0.29, 0.717) is 5.92 Å². The highest BCUT2D eigenvalue weighted by molar-refractivity contribution is 5.86. The Bertz CT molecular complexity index is 352. The summed E-state index contributed by atoms with van der Waals surface area (Å²) in [4.78, 5) is 26.1. The molecule has 1 N–H and O–H groups in total. The average Bonchev–Trinajstić information content (AvgIpc) is 2.97. The molecule has 0 unspecified atom stereocenters. The van der Waals surface area contributed by atoms with Crippen molar-refractivity contribution in [1.29, 1.82) is 0 Å². The van der Waals surface area contributed by atoms with Gasteiger partial charge in [0.25, 0.3) is 0 Å². The monoisotopic (exact) mass is 268 g/mol. The fraction of sp³-hybridized carbons (Fsp3) is 0.857. The van der Waals surface area contributed by atoms with Crippen LogP contribution in [-0.4, -0.2) is 41.6 Å². The minimum Gasteiger partial charge on any atom is -0.444 e. The van der Waals surface area contributed by atoms with E-state index in [0.717, 1.165) is 38.8 Å². The second kappa shape index (κ2) is 5.39. The zero-order chi connectivity index (χ0) is 14.0. The van der Waals surface area contributed by atoms with Crippen molar-refractivity contribution in [1.82, 2.24) is 10.2 Å². The minimum absolute atomic E-state index is 0.0610. The van der Waals surface area contributed by atoms with Crippen molar-refractivity contribution in [2.45, 2.75) is 58.1 Å². The summed E-state index contributed by atoms with van der Waals surface area (Å²) < 4.78 is 5.24. The number of rotatable bonds is 3. The fourth-order valence-corrected chi connectivity index (χ4v) is 2.38. The summed E-state index contributed by atoms with van der Waals surface area (Å²) in [5, 5.41) is 2.76. The lowest BCUT2D eigenvalue weighted by Gasteiger charge is -2.26. The van der Waals surface area contributed by atoms with E-state index >= 15 is 0 Å². The molecule has 2 fully saturated rings. The number of likely N-dealkylation sites (tertiary alicyclic amines) is 1. The number of hydrogen-bond donors (Lipinski definition) is 1. The first-order valence-electron chi connectivity index (χ1n) is 7.15. The van der Waals surface area contributed by atoms with Gasteiger partial charge in [0.05, 0.1) is 0 Å². The van der Waals surface area contributed by atoms with Gasteiger partial charge in [-0.05, 0) is 52.4 Å². The summed E-state index contributed by atoms with van der Waals surface area (Å²) in [7, 11) is 0. The zero-order valence-corrected chi connectivity index (χ0v) is 12.1. The summed E-state index contributed by atoms with van der Waals surface area (Å²) in [6.45, 7) is 7.10. The van der Waals surface area contributed by atoms with Crippen molar-refractivity contribution >= 4 is 12.0 Å². The Morgan fingerprint density at radius 1 is 1.21 bits per heavy atom. The summed E-state index contributed by atoms with van der Waals surface area (Å²) in [5.74, 6) is 0.353. The van der Waals surface area contributed by atoms with Crippen molar-refractivity contribution < 1.29 is 14.3 Å². The fourth-order valence-electron chi connectivity index (χ4n) is 2.38. The van der Waals surface area contributed by atoms with E-state index in [-0.39, 0.29) is 5.91 Å². The average molecular weight is 268 g/mol. The molecular formula is C14H24N2O3. The quantitative estimate of drug-likeness (QED) is 0.850. The van der Waals surface area contributed by atoms with Crippen molar-refractivity contribution in [3.05, 3.63) is 0 Å². The Kier molecular flexibility index (Phi) is 4.02. The molecule has 2 aliphatic rings. The molecule has 0 radical (unpaired) electrons. The molecule has 0 spiro atoms. The number of amides is 2. The van der Waals surface area contributed by atoms with Gasteiger partial charge in [0.1, 0.15) is 11.6 Å². The predicted molar refractivity (Wildman–Crippen MR) is 71.7 cm³/mol. The summed E-state index contributed by atoms with van der Waals surface area (Å²) in [5.41, 5.74) is -0.533. The van der Waals surface area contributed by atoms with Crippen LogP contribution in [0.2, 0.25) is 0 Å². The number of nitrogens with one attached hydrogen (secondary N) is 1. The van der Waals surface area contributed by atoms with Gasteiger partial charge in [0.15, 0.2) is 0 Å². The van der Waals surface area contributed by atoms with Crippen molar-refractivity contribution in [3.63, 3.8) is 0 Å². The molecule has 19 heavy (non-hydrogen) atoms. The first-order valence-corrected chi connectivity index (χ1v) is 7.15. The van der Waals surface area contributed by atoms with E-state index in [2.05, 4.69) is 5.32 Å². The van der Waals surface area contributed by atoms with Gasteiger partial charge in [-0.25, -0.2) is 4.79 Å². The van der Waals surface area contributed by atoms with Crippen molar-refractivity contribution in [2.24, 2.45) is 5.92 Å². The number of carbonyl (C=O) groups excluding carboxylic acids is 2. The van der Waals surface area contributed by atoms with Crippen LogP contribution in [0.3, 0.4) is 0 Å². The van der Waals surface area contributed by atoms with Gasteiger partial charge >= 0.3 is 6.09 Å². The van der Waals surface area contributed by atoms with Gasteiger partial charge in [-0.2, -0.15) is 0 Å². The molecule has 1 atom stereocenters. The number of carbonyl (C=O) groups is 2. The molecule has 0 aromatic heterocycles. The van der Waals surface area contributed by atoms with Gasteiger partial charge in [0.2, 0.25) is 5.91 Å². The first-order chi connectivity index (χ1) is 8.87. The number of ether oxygens (including phenoxy) is 1. The second-order valence-corrected chi connectivity index (χ2v) is 6.49. The maximum absolute atomic E-state index is 12.4. The zero-order valence-electron chi connectivity index (χ0n) is 12.1. The molecule has 0 bridgehead atoms. The molecule has 1 aliphatic heterocycles. The third-order valence-corrected chi connectivity index (χ3v) is 3.45. The van der Waals surface area contributed by atoms with Gasteiger partial charge < -0.3 is 15.0 Å². The van der Waals surface area contributed by atoms with Crippen molar-refractivity contribution in [2.75, 3.05) is 13.1 Å². The van der Waals surface area contributed by atoms with Crippen LogP contribution < -0.4 is 5.32 Å². The lowest BCUT2D eigenvalue weighted by Crippen LogP contribution is -2.50. The second-order valence-electron chi connectivity index (χ2n) is 6.49. The van der Waals surface area contributed by atoms with E-state index in [9.17, 15) is 9.59 Å². The Labute approximate surface area is 114 Å². The summed E-state index contributed by atoms with van der Waals surface area (Å²) in [6.07, 6.45) is 3.67. The number of alkyl carbamates (subject to hydrolysis) is 1. The Balaban J connectivity index is 1.92. The van der Waals surface area contributed by atoms with Gasteiger partial charge in [-0.3, -0.25) is 4.79 Å². The Morgan fingerprint density at radius 2 is 1.79 bits per heavy atom. The lowest BCUT2D eigenvalue weighted by atomic mass is 10.1. The van der Waals surface area contributed by atoms with E-state index in [1.54, 1.807) is 0 Å². The molecule has 108 valence electrons. The van der Waals surface area contributed by atoms with Crippen LogP contribution in [0, 0.1) is 5.92 Å². The highest BCUT2D eigenvalue weighted by Crippen LogP contribution is 2.34. The third kappa shape index (κ3) is 4.11. The molecular weight excluding hydrogens is 244 g/mol. The summed E-state index contributed by atoms with van der Waals surface area (Å²) in [6, 6.07) is -0.395. The molecule has 5 nitrogen and oxygen atoms in total. The highest BCUT2D eigenvalue weighted by Gasteiger charge is 2.40. The van der Waals surface area contributed by atoms with E-state index in [1.807, 2.05) is 25.7 Å². The lowest BCUT2D eigenvalue weighted by molar-refractivity contribution is -0.132. The van der Waals surface area contributed by atoms with Gasteiger partial charge in [0, 0.05) is 13.1 Å². The molecule has 1 heterocycles. The van der Waals surface area contributed by atoms with Crippen molar-refractivity contribution in [3.8, 4) is 0 Å². The standard InChI is InChI=1S/C14H24N2O3/c1-14(2,3)19-13(18)15-11(10-6-7-10)12(17)16-8-4-5-9-16/h10-11H,4-9H2,1-3H3,(H,15,18)/t11-/m1/s1. The molecule has 1 saturated heterocycles. The van der Waals surface area contributed by atoms with Crippen LogP contribution >= 0.6 is 0 Å². The normalized spacial score (nSPS) is 21.1. The number of nitrogens with zero attached hydrogens (tertiary/aromatic N) is 1. The molecule has 0 aromatic carbocycles. The molecule has 1 saturated carbocycles. The van der Waals surface area contributed by atoms with Gasteiger partial charge in [-0.15, -0.1) is 0 Å². The van der Waals surface area contributed by atoms with Crippen LogP contribution in [-0.2, 0) is 9.53 Å². The SMILES string of the molecule is CC(C)(C)OC(=O)N[C@@H](C(=O)N1CCCC1)C1CC1. The van der Waals surface area contributed by atoms with E-state index in [4.69, 9.17) is 4.74 Å². The van der Waals surface area contributed by atoms with Crippen LogP contribution in [0.5, 0.6) is 0 Å². The van der Waals surface area contributed by atoms with Crippen LogP contribution in [0.4, 0.5) is 4.79 Å². The van der Waals surface area contributed by atoms with Crippen LogP contribution in [0.15, 0.2) is 0 Å². The van der Waals surface area contributed by atoms with E-state index in [1.165, 1.54) is 0 Å². The molecule has 2 amide bonds. The Morgan fingerprint density at radius 3 is 2.26 bits per heavy atom. The predicted octanol–water partition coefficient (Wildman–Crippen LogP) is 1.91. The maximum atomic E-state index is 12.4. The highest BCUT2D eigenvalue weighted by atomic mass is 16.6. The third-order valence-electron chi connectivity index (χ3n) is 3.45. The summed E-state index contributed by atoms with van der Waals surface area (Å²) >= 11 is 0. The molecule has 5 heteroatoms. The van der Waals surface area contributed by atoms with Gasteiger partial charge in [-0.1, -0.05) is 0 Å². The molecule has 0 aromatic rings. The minimum atomic E-state index is -0.533. The Hall–Kier alpha value is -1.26. The maximum Gasteiger partial charge on any atom is 0.408 e. The molecule has 2 rings (SSSR count). The largest absolute Gasteiger partial charge is 0.444 e. The molecule has 1 aliphatic carbocycles. The van der Waals surface area contributed by atoms with E-state index < -0.39 is 17.7 Å². The van der Waals surface area contributed by atoms with Crippen LogP contribution in [0.1, 0.15) is 46.5 Å². The topological polar surface area (TPSA) is 58.6 Å². The smallest absolute Gasteiger partial charge is 0.408 e.